The van der Waals surface area contributed by atoms with Crippen molar-refractivity contribution in [3.8, 4) is 17.1 Å². The van der Waals surface area contributed by atoms with Crippen LogP contribution in [-0.2, 0) is 4.79 Å². The van der Waals surface area contributed by atoms with E-state index < -0.39 is 12.1 Å². The Hall–Kier alpha value is -3.21. The van der Waals surface area contributed by atoms with Crippen LogP contribution in [0.5, 0.6) is 5.88 Å². The molecule has 31 heavy (non-hydrogen) atoms. The molecular weight excluding hydrogens is 415 g/mol. The number of hydrogen-bond acceptors (Lipinski definition) is 6. The van der Waals surface area contributed by atoms with Crippen LogP contribution in [-0.4, -0.2) is 68.3 Å². The maximum atomic E-state index is 10.6. The van der Waals surface area contributed by atoms with Crippen LogP contribution < -0.4 is 4.74 Å². The zero-order valence-corrected chi connectivity index (χ0v) is 16.3. The Morgan fingerprint density at radius 1 is 1.16 bits per heavy atom. The van der Waals surface area contributed by atoms with Gasteiger partial charge in [0.25, 0.3) is 0 Å². The van der Waals surface area contributed by atoms with E-state index in [2.05, 4.69) is 31.4 Å². The molecule has 1 aromatic carbocycles. The van der Waals surface area contributed by atoms with Crippen LogP contribution in [0.1, 0.15) is 12.8 Å². The molecular formula is C20H20F3N5O3. The first-order chi connectivity index (χ1) is 14.8. The molecule has 0 unspecified atom stereocenters. The van der Waals surface area contributed by atoms with Crippen LogP contribution in [0, 0.1) is 5.92 Å². The molecule has 3 aliphatic heterocycles. The first-order valence-electron chi connectivity index (χ1n) is 9.76. The Bertz CT molecular complexity index is 1050. The van der Waals surface area contributed by atoms with Crippen molar-refractivity contribution in [1.29, 1.82) is 0 Å². The molecule has 2 bridgehead atoms. The zero-order chi connectivity index (χ0) is 22.0. The fourth-order valence-electron chi connectivity index (χ4n) is 3.84. The lowest BCUT2D eigenvalue weighted by Crippen LogP contribution is -2.52. The van der Waals surface area contributed by atoms with Gasteiger partial charge in [-0.05, 0) is 50.0 Å². The highest BCUT2D eigenvalue weighted by Crippen LogP contribution is 2.30. The summed E-state index contributed by atoms with van der Waals surface area (Å²) >= 11 is 0. The highest BCUT2D eigenvalue weighted by Gasteiger charge is 2.38. The maximum Gasteiger partial charge on any atom is 0.490 e. The average molecular weight is 435 g/mol. The number of aromatic amines is 1. The summed E-state index contributed by atoms with van der Waals surface area (Å²) < 4.78 is 37.8. The van der Waals surface area contributed by atoms with Crippen molar-refractivity contribution in [2.75, 3.05) is 19.6 Å². The quantitative estimate of drug-likeness (QED) is 0.651. The van der Waals surface area contributed by atoms with Crippen LogP contribution >= 0.6 is 0 Å². The number of hydrogen-bond donors (Lipinski definition) is 2. The fourth-order valence-corrected chi connectivity index (χ4v) is 3.84. The number of nitrogens with zero attached hydrogens (tertiary/aromatic N) is 4. The van der Waals surface area contributed by atoms with Gasteiger partial charge in [0.15, 0.2) is 0 Å². The Kier molecular flexibility index (Phi) is 5.77. The van der Waals surface area contributed by atoms with Gasteiger partial charge in [0.2, 0.25) is 5.88 Å². The number of benzene rings is 1. The van der Waals surface area contributed by atoms with Gasteiger partial charge in [-0.15, -0.1) is 10.2 Å². The second-order valence-corrected chi connectivity index (χ2v) is 7.53. The lowest BCUT2D eigenvalue weighted by Gasteiger charge is -2.44. The molecule has 0 radical (unpaired) electrons. The largest absolute Gasteiger partial charge is 0.490 e. The number of fused-ring (bicyclic) bond motifs is 4. The van der Waals surface area contributed by atoms with Gasteiger partial charge in [0.05, 0.1) is 17.4 Å². The average Bonchev–Trinajstić information content (AvgIpc) is 3.23. The first-order valence-corrected chi connectivity index (χ1v) is 9.76. The van der Waals surface area contributed by atoms with E-state index in [9.17, 15) is 13.2 Å². The van der Waals surface area contributed by atoms with Gasteiger partial charge in [-0.25, -0.2) is 4.79 Å². The molecule has 1 atom stereocenters. The van der Waals surface area contributed by atoms with Gasteiger partial charge in [-0.1, -0.05) is 6.07 Å². The number of carbonyl (C=O) groups is 1. The number of carboxylic acids is 1. The maximum absolute atomic E-state index is 10.6. The van der Waals surface area contributed by atoms with E-state index in [4.69, 9.17) is 14.6 Å². The van der Waals surface area contributed by atoms with Crippen LogP contribution in [0.2, 0.25) is 0 Å². The molecule has 0 saturated carbocycles. The third-order valence-corrected chi connectivity index (χ3v) is 5.49. The van der Waals surface area contributed by atoms with E-state index in [1.165, 1.54) is 25.9 Å². The van der Waals surface area contributed by atoms with Crippen molar-refractivity contribution in [3.63, 3.8) is 0 Å². The van der Waals surface area contributed by atoms with E-state index in [0.717, 1.165) is 28.7 Å². The number of piperidine rings is 3. The fraction of sp³-hybridized carbons (Fsp3) is 0.400. The van der Waals surface area contributed by atoms with Gasteiger partial charge >= 0.3 is 12.1 Å². The Morgan fingerprint density at radius 2 is 1.90 bits per heavy atom. The van der Waals surface area contributed by atoms with Crippen molar-refractivity contribution in [2.24, 2.45) is 5.92 Å². The minimum absolute atomic E-state index is 0.259. The number of carboxylic acid groups (broad SMARTS) is 1. The van der Waals surface area contributed by atoms with Crippen LogP contribution in [0.3, 0.4) is 0 Å². The van der Waals surface area contributed by atoms with Gasteiger partial charge in [0.1, 0.15) is 6.10 Å². The van der Waals surface area contributed by atoms with Gasteiger partial charge < -0.3 is 9.84 Å². The lowest BCUT2D eigenvalue weighted by molar-refractivity contribution is -0.192. The summed E-state index contributed by atoms with van der Waals surface area (Å²) in [4.78, 5) is 11.4. The molecule has 2 aromatic heterocycles. The predicted octanol–water partition coefficient (Wildman–Crippen LogP) is 3.13. The minimum Gasteiger partial charge on any atom is -0.475 e. The lowest BCUT2D eigenvalue weighted by atomic mass is 9.86. The summed E-state index contributed by atoms with van der Waals surface area (Å²) in [6.45, 7) is 3.45. The standard InChI is InChI=1S/C18H19N5O.C2HF3O2/c1-2-16-14(10-19-20-16)9-13(1)15-3-4-18(22-21-15)24-17-11-23-7-5-12(17)6-8-23;3-2(4,5)1(6)7/h1-4,9-10,12,17H,5-8,11H2,(H,19,20);(H,6,7)/t17-;/m1./s1. The molecule has 0 amide bonds. The number of ether oxygens (including phenoxy) is 1. The van der Waals surface area contributed by atoms with Gasteiger partial charge in [0, 0.05) is 23.6 Å². The number of alkyl halides is 3. The van der Waals surface area contributed by atoms with Crippen molar-refractivity contribution in [2.45, 2.75) is 25.1 Å². The molecule has 3 aromatic rings. The number of aliphatic carboxylic acids is 1. The molecule has 11 heteroatoms. The van der Waals surface area contributed by atoms with E-state index in [0.29, 0.717) is 11.8 Å². The highest BCUT2D eigenvalue weighted by atomic mass is 19.4. The number of H-pyrrole nitrogens is 1. The second kappa shape index (κ2) is 8.50. The first kappa shape index (κ1) is 21.0. The number of nitrogens with one attached hydrogen (secondary N) is 1. The summed E-state index contributed by atoms with van der Waals surface area (Å²) in [6, 6.07) is 10.0. The monoisotopic (exact) mass is 435 g/mol. The van der Waals surface area contributed by atoms with Gasteiger partial charge in [-0.3, -0.25) is 10.00 Å². The van der Waals surface area contributed by atoms with Crippen molar-refractivity contribution in [1.82, 2.24) is 25.3 Å². The Labute approximate surface area is 175 Å². The molecule has 6 rings (SSSR count). The predicted molar refractivity (Wildman–Crippen MR) is 104 cm³/mol. The number of rotatable bonds is 3. The smallest absolute Gasteiger partial charge is 0.475 e. The zero-order valence-electron chi connectivity index (χ0n) is 16.3. The molecule has 0 spiro atoms. The molecule has 0 aliphatic carbocycles. The van der Waals surface area contributed by atoms with E-state index in [1.54, 1.807) is 0 Å². The molecule has 5 heterocycles. The van der Waals surface area contributed by atoms with Crippen LogP contribution in [0.25, 0.3) is 22.2 Å². The third-order valence-electron chi connectivity index (χ3n) is 5.49. The summed E-state index contributed by atoms with van der Waals surface area (Å²) in [5.74, 6) is -1.46. The number of aromatic nitrogens is 4. The summed E-state index contributed by atoms with van der Waals surface area (Å²) in [5.41, 5.74) is 2.90. The van der Waals surface area contributed by atoms with Crippen molar-refractivity contribution in [3.05, 3.63) is 36.5 Å². The Morgan fingerprint density at radius 3 is 2.48 bits per heavy atom. The van der Waals surface area contributed by atoms with Crippen molar-refractivity contribution >= 4 is 16.9 Å². The van der Waals surface area contributed by atoms with E-state index in [1.807, 2.05) is 30.5 Å². The topological polar surface area (TPSA) is 104 Å². The van der Waals surface area contributed by atoms with Crippen molar-refractivity contribution < 1.29 is 27.8 Å². The normalized spacial score (nSPS) is 22.6. The Balaban J connectivity index is 0.000000289. The second-order valence-electron chi connectivity index (χ2n) is 7.53. The third kappa shape index (κ3) is 4.93. The highest BCUT2D eigenvalue weighted by molar-refractivity contribution is 5.83. The molecule has 2 N–H and O–H groups in total. The summed E-state index contributed by atoms with van der Waals surface area (Å²) in [7, 11) is 0. The van der Waals surface area contributed by atoms with E-state index >= 15 is 0 Å². The molecule has 3 saturated heterocycles. The SMILES string of the molecule is O=C(O)C(F)(F)F.c1cc2[nH]ncc2cc1-c1ccc(O[C@@H]2CN3CCC2CC3)nn1. The number of halogens is 3. The molecule has 3 aliphatic rings. The van der Waals surface area contributed by atoms with Gasteiger partial charge in [-0.2, -0.15) is 18.3 Å². The van der Waals surface area contributed by atoms with E-state index in [-0.39, 0.29) is 6.10 Å². The minimum atomic E-state index is -5.08. The van der Waals surface area contributed by atoms with Crippen LogP contribution in [0.4, 0.5) is 13.2 Å². The molecule has 8 nitrogen and oxygen atoms in total. The molecule has 3 fully saturated rings. The molecule has 164 valence electrons. The summed E-state index contributed by atoms with van der Waals surface area (Å²) in [5, 5.41) is 23.8. The van der Waals surface area contributed by atoms with Crippen LogP contribution in [0.15, 0.2) is 36.5 Å². The summed E-state index contributed by atoms with van der Waals surface area (Å²) in [6.07, 6.45) is -0.533.